The fourth-order valence-corrected chi connectivity index (χ4v) is 4.20. The molecule has 168 valence electrons. The monoisotopic (exact) mass is 437 g/mol. The number of esters is 1. The highest BCUT2D eigenvalue weighted by atomic mass is 16.5. The molecule has 0 unspecified atom stereocenters. The summed E-state index contributed by atoms with van der Waals surface area (Å²) in [4.78, 5) is 39.0. The first-order valence-corrected chi connectivity index (χ1v) is 10.8. The van der Waals surface area contributed by atoms with E-state index in [4.69, 9.17) is 9.26 Å². The van der Waals surface area contributed by atoms with Crippen molar-refractivity contribution in [1.82, 2.24) is 25.0 Å². The molecule has 1 saturated heterocycles. The summed E-state index contributed by atoms with van der Waals surface area (Å²) in [6, 6.07) is 5.58. The molecule has 32 heavy (non-hydrogen) atoms. The van der Waals surface area contributed by atoms with E-state index in [1.807, 2.05) is 25.1 Å². The Morgan fingerprint density at radius 1 is 1.25 bits per heavy atom. The Kier molecular flexibility index (Phi) is 6.45. The number of rotatable bonds is 7. The minimum Gasteiger partial charge on any atom is -0.461 e. The summed E-state index contributed by atoms with van der Waals surface area (Å²) in [7, 11) is 0. The molecule has 1 aliphatic heterocycles. The van der Waals surface area contributed by atoms with Gasteiger partial charge in [-0.25, -0.2) is 4.79 Å². The number of ketones is 1. The van der Waals surface area contributed by atoms with Crippen LogP contribution in [0, 0.1) is 13.8 Å². The number of aryl methyl sites for hydroxylation is 1. The Labute approximate surface area is 186 Å². The quantitative estimate of drug-likeness (QED) is 0.442. The molecule has 4 heterocycles. The smallest absolute Gasteiger partial charge is 0.355 e. The molecular weight excluding hydrogens is 410 g/mol. The Morgan fingerprint density at radius 2 is 2.03 bits per heavy atom. The Hall–Kier alpha value is -3.33. The number of Topliss-reactive ketones (excluding diaryl/α,β-unsaturated/α-hetero) is 1. The third-order valence-corrected chi connectivity index (χ3v) is 5.84. The molecule has 0 radical (unpaired) electrons. The SMILES string of the molecule is CCOC(=O)c1[nH]c(C)c(C(=O)CN2CCC(c3nc(-c4ccccn4)no3)CC2)c1C. The standard InChI is InChI=1S/C23H27N5O4/c1-4-31-23(30)20-14(2)19(15(3)25-20)18(29)13-28-11-8-16(9-12-28)22-26-21(27-32-22)17-7-5-6-10-24-17/h5-7,10,16,25H,4,8-9,11-13H2,1-3H3. The van der Waals surface area contributed by atoms with Gasteiger partial charge in [-0.1, -0.05) is 11.2 Å². The number of nitrogens with zero attached hydrogens (tertiary/aromatic N) is 4. The van der Waals surface area contributed by atoms with E-state index in [1.54, 1.807) is 20.0 Å². The normalized spacial score (nSPS) is 15.1. The van der Waals surface area contributed by atoms with E-state index in [2.05, 4.69) is 25.0 Å². The molecule has 9 heteroatoms. The van der Waals surface area contributed by atoms with Crippen LogP contribution < -0.4 is 0 Å². The maximum atomic E-state index is 13.0. The molecule has 0 saturated carbocycles. The average Bonchev–Trinajstić information content (AvgIpc) is 3.40. The van der Waals surface area contributed by atoms with Crippen LogP contribution in [-0.4, -0.2) is 63.0 Å². The molecule has 0 atom stereocenters. The van der Waals surface area contributed by atoms with Crippen molar-refractivity contribution in [3.05, 3.63) is 52.8 Å². The van der Waals surface area contributed by atoms with Crippen LogP contribution >= 0.6 is 0 Å². The summed E-state index contributed by atoms with van der Waals surface area (Å²) in [5.74, 6) is 0.845. The van der Waals surface area contributed by atoms with Crippen LogP contribution in [-0.2, 0) is 4.74 Å². The van der Waals surface area contributed by atoms with E-state index < -0.39 is 5.97 Å². The number of hydrogen-bond donors (Lipinski definition) is 1. The van der Waals surface area contributed by atoms with Gasteiger partial charge in [0.15, 0.2) is 5.78 Å². The van der Waals surface area contributed by atoms with E-state index in [1.165, 1.54) is 0 Å². The molecular formula is C23H27N5O4. The lowest BCUT2D eigenvalue weighted by Crippen LogP contribution is -2.37. The van der Waals surface area contributed by atoms with Gasteiger partial charge in [-0.3, -0.25) is 14.7 Å². The van der Waals surface area contributed by atoms with E-state index in [9.17, 15) is 9.59 Å². The second-order valence-corrected chi connectivity index (χ2v) is 7.99. The van der Waals surface area contributed by atoms with Gasteiger partial charge in [0.05, 0.1) is 13.2 Å². The molecule has 1 N–H and O–H groups in total. The van der Waals surface area contributed by atoms with Gasteiger partial charge in [-0.2, -0.15) is 4.98 Å². The van der Waals surface area contributed by atoms with Crippen LogP contribution in [0.2, 0.25) is 0 Å². The molecule has 0 spiro atoms. The number of pyridine rings is 1. The number of aromatic nitrogens is 4. The molecule has 4 rings (SSSR count). The fourth-order valence-electron chi connectivity index (χ4n) is 4.20. The summed E-state index contributed by atoms with van der Waals surface area (Å²) in [6.45, 7) is 7.45. The van der Waals surface area contributed by atoms with Crippen LogP contribution in [0.4, 0.5) is 0 Å². The van der Waals surface area contributed by atoms with Gasteiger partial charge in [0.25, 0.3) is 0 Å². The number of likely N-dealkylation sites (tertiary alicyclic amines) is 1. The maximum Gasteiger partial charge on any atom is 0.355 e. The number of hydrogen-bond acceptors (Lipinski definition) is 8. The van der Waals surface area contributed by atoms with Crippen LogP contribution in [0.5, 0.6) is 0 Å². The van der Waals surface area contributed by atoms with Crippen LogP contribution in [0.15, 0.2) is 28.9 Å². The van der Waals surface area contributed by atoms with E-state index in [0.717, 1.165) is 25.9 Å². The van der Waals surface area contributed by atoms with Crippen LogP contribution in [0.3, 0.4) is 0 Å². The first-order valence-electron chi connectivity index (χ1n) is 10.8. The summed E-state index contributed by atoms with van der Waals surface area (Å²) >= 11 is 0. The number of piperidine rings is 1. The lowest BCUT2D eigenvalue weighted by Gasteiger charge is -2.29. The van der Waals surface area contributed by atoms with Crippen molar-refractivity contribution >= 4 is 11.8 Å². The van der Waals surface area contributed by atoms with Gasteiger partial charge in [-0.05, 0) is 64.4 Å². The molecule has 3 aromatic rings. The number of carbonyl (C=O) groups is 2. The second-order valence-electron chi connectivity index (χ2n) is 7.99. The predicted octanol–water partition coefficient (Wildman–Crippen LogP) is 3.32. The molecule has 0 bridgehead atoms. The molecule has 9 nitrogen and oxygen atoms in total. The molecule has 0 amide bonds. The maximum absolute atomic E-state index is 13.0. The number of aromatic amines is 1. The number of ether oxygens (including phenoxy) is 1. The fraction of sp³-hybridized carbons (Fsp3) is 0.435. The van der Waals surface area contributed by atoms with Crippen molar-refractivity contribution in [3.8, 4) is 11.5 Å². The molecule has 1 fully saturated rings. The third kappa shape index (κ3) is 4.47. The summed E-state index contributed by atoms with van der Waals surface area (Å²) < 4.78 is 10.6. The van der Waals surface area contributed by atoms with Gasteiger partial charge in [0.2, 0.25) is 11.7 Å². The summed E-state index contributed by atoms with van der Waals surface area (Å²) in [5, 5.41) is 4.06. The Bertz CT molecular complexity index is 1100. The van der Waals surface area contributed by atoms with Gasteiger partial charge in [-0.15, -0.1) is 0 Å². The first-order chi connectivity index (χ1) is 15.5. The molecule has 0 aromatic carbocycles. The lowest BCUT2D eigenvalue weighted by atomic mass is 9.96. The van der Waals surface area contributed by atoms with Gasteiger partial charge >= 0.3 is 5.97 Å². The zero-order valence-electron chi connectivity index (χ0n) is 18.6. The van der Waals surface area contributed by atoms with Crippen molar-refractivity contribution < 1.29 is 18.8 Å². The van der Waals surface area contributed by atoms with Gasteiger partial charge in [0, 0.05) is 23.4 Å². The minimum atomic E-state index is -0.433. The van der Waals surface area contributed by atoms with Crippen molar-refractivity contribution in [2.45, 2.75) is 39.5 Å². The molecule has 3 aromatic heterocycles. The van der Waals surface area contributed by atoms with Crippen molar-refractivity contribution in [2.75, 3.05) is 26.2 Å². The zero-order chi connectivity index (χ0) is 22.7. The average molecular weight is 438 g/mol. The highest BCUT2D eigenvalue weighted by Gasteiger charge is 2.28. The van der Waals surface area contributed by atoms with Crippen LogP contribution in [0.25, 0.3) is 11.5 Å². The highest BCUT2D eigenvalue weighted by molar-refractivity contribution is 6.03. The number of H-pyrrole nitrogens is 1. The topological polar surface area (TPSA) is 114 Å². The van der Waals surface area contributed by atoms with Crippen LogP contribution in [0.1, 0.15) is 63.7 Å². The van der Waals surface area contributed by atoms with Crippen molar-refractivity contribution in [1.29, 1.82) is 0 Å². The summed E-state index contributed by atoms with van der Waals surface area (Å²) in [5.41, 5.74) is 2.95. The second kappa shape index (κ2) is 9.44. The van der Waals surface area contributed by atoms with E-state index in [0.29, 0.717) is 46.5 Å². The van der Waals surface area contributed by atoms with E-state index >= 15 is 0 Å². The van der Waals surface area contributed by atoms with Crippen molar-refractivity contribution in [2.24, 2.45) is 0 Å². The third-order valence-electron chi connectivity index (χ3n) is 5.84. The highest BCUT2D eigenvalue weighted by Crippen LogP contribution is 2.28. The predicted molar refractivity (Wildman–Crippen MR) is 116 cm³/mol. The largest absolute Gasteiger partial charge is 0.461 e. The van der Waals surface area contributed by atoms with E-state index in [-0.39, 0.29) is 18.3 Å². The Morgan fingerprint density at radius 3 is 2.72 bits per heavy atom. The van der Waals surface area contributed by atoms with Gasteiger partial charge < -0.3 is 14.2 Å². The first kappa shape index (κ1) is 21.9. The molecule has 0 aliphatic carbocycles. The minimum absolute atomic E-state index is 0.000442. The number of carbonyl (C=O) groups excluding carboxylic acids is 2. The van der Waals surface area contributed by atoms with Gasteiger partial charge in [0.1, 0.15) is 11.4 Å². The number of nitrogens with one attached hydrogen (secondary N) is 1. The lowest BCUT2D eigenvalue weighted by molar-refractivity contribution is 0.0519. The zero-order valence-corrected chi connectivity index (χ0v) is 18.6. The van der Waals surface area contributed by atoms with Crippen molar-refractivity contribution in [3.63, 3.8) is 0 Å². The Balaban J connectivity index is 1.36. The summed E-state index contributed by atoms with van der Waals surface area (Å²) in [6.07, 6.45) is 3.36. The molecule has 1 aliphatic rings.